The van der Waals surface area contributed by atoms with Crippen molar-refractivity contribution in [3.8, 4) is 11.1 Å². The van der Waals surface area contributed by atoms with E-state index in [9.17, 15) is 0 Å². The van der Waals surface area contributed by atoms with E-state index in [4.69, 9.17) is 0 Å². The zero-order valence-corrected chi connectivity index (χ0v) is 37.1. The molecule has 0 N–H and O–H groups in total. The van der Waals surface area contributed by atoms with Crippen LogP contribution in [0.25, 0.3) is 21.9 Å². The van der Waals surface area contributed by atoms with Gasteiger partial charge in [-0.25, -0.2) is 0 Å². The summed E-state index contributed by atoms with van der Waals surface area (Å²) in [5, 5.41) is 7.70. The van der Waals surface area contributed by atoms with Gasteiger partial charge in [0, 0.05) is 33.9 Å². The summed E-state index contributed by atoms with van der Waals surface area (Å²) in [6.45, 7) is 4.78. The minimum Gasteiger partial charge on any atom is -0.310 e. The molecule has 0 aliphatic heterocycles. The highest BCUT2D eigenvalue weighted by Crippen LogP contribution is 2.54. The topological polar surface area (TPSA) is 6.48 Å². The van der Waals surface area contributed by atoms with Crippen molar-refractivity contribution in [3.63, 3.8) is 0 Å². The van der Waals surface area contributed by atoms with Gasteiger partial charge in [-0.2, -0.15) is 0 Å². The normalized spacial score (nSPS) is 12.7. The molecule has 0 bridgehead atoms. The minimum absolute atomic E-state index is 0.226. The van der Waals surface area contributed by atoms with Gasteiger partial charge in [0.2, 0.25) is 0 Å². The fraction of sp³-hybridized carbons (Fsp3) is 0.0492. The van der Waals surface area contributed by atoms with Gasteiger partial charge in [0.05, 0.1) is 5.69 Å². The Labute approximate surface area is 378 Å². The van der Waals surface area contributed by atoms with Crippen molar-refractivity contribution in [2.45, 2.75) is 19.3 Å². The second kappa shape index (κ2) is 16.2. The van der Waals surface area contributed by atoms with Crippen molar-refractivity contribution in [1.82, 2.24) is 0 Å². The number of fused-ring (bicyclic) bond motifs is 4. The lowest BCUT2D eigenvalue weighted by molar-refractivity contribution is 0.661. The van der Waals surface area contributed by atoms with E-state index in [0.29, 0.717) is 0 Å². The van der Waals surface area contributed by atoms with E-state index in [-0.39, 0.29) is 5.41 Å². The first-order chi connectivity index (χ1) is 31.5. The van der Waals surface area contributed by atoms with E-state index < -0.39 is 8.07 Å². The van der Waals surface area contributed by atoms with E-state index in [1.165, 1.54) is 65.1 Å². The van der Waals surface area contributed by atoms with Gasteiger partial charge < -0.3 is 9.80 Å². The fourth-order valence-electron chi connectivity index (χ4n) is 10.5. The van der Waals surface area contributed by atoms with Crippen molar-refractivity contribution >= 4 is 73.7 Å². The zero-order valence-electron chi connectivity index (χ0n) is 36.1. The largest absolute Gasteiger partial charge is 0.310 e. The van der Waals surface area contributed by atoms with Gasteiger partial charge in [0.1, 0.15) is 0 Å². The second-order valence-corrected chi connectivity index (χ2v) is 21.1. The predicted octanol–water partition coefficient (Wildman–Crippen LogP) is 13.5. The molecule has 0 heterocycles. The Morgan fingerprint density at radius 3 is 1.52 bits per heavy atom. The van der Waals surface area contributed by atoms with Gasteiger partial charge in [0.15, 0.2) is 8.07 Å². The summed E-state index contributed by atoms with van der Waals surface area (Å²) in [6.07, 6.45) is 0. The van der Waals surface area contributed by atoms with Crippen molar-refractivity contribution in [1.29, 1.82) is 0 Å². The molecule has 1 aliphatic rings. The van der Waals surface area contributed by atoms with Crippen LogP contribution in [-0.4, -0.2) is 8.07 Å². The van der Waals surface area contributed by atoms with Crippen LogP contribution in [0.1, 0.15) is 25.0 Å². The average molecular weight is 837 g/mol. The Morgan fingerprint density at radius 2 is 0.812 bits per heavy atom. The number of hydrogen-bond donors (Lipinski definition) is 0. The fourth-order valence-corrected chi connectivity index (χ4v) is 15.5. The molecule has 0 radical (unpaired) electrons. The Bertz CT molecular complexity index is 3220. The van der Waals surface area contributed by atoms with E-state index in [0.717, 1.165) is 22.7 Å². The molecule has 0 unspecified atom stereocenters. The van der Waals surface area contributed by atoms with E-state index in [1.54, 1.807) is 0 Å². The van der Waals surface area contributed by atoms with Gasteiger partial charge in [-0.15, -0.1) is 0 Å². The number of anilines is 6. The molecule has 10 aromatic carbocycles. The van der Waals surface area contributed by atoms with Crippen LogP contribution in [0.4, 0.5) is 34.1 Å². The molecular weight excluding hydrogens is 789 g/mol. The van der Waals surface area contributed by atoms with Crippen molar-refractivity contribution in [3.05, 3.63) is 266 Å². The molecule has 0 atom stereocenters. The molecule has 0 saturated carbocycles. The van der Waals surface area contributed by atoms with Crippen LogP contribution in [0.5, 0.6) is 0 Å². The molecule has 0 spiro atoms. The molecule has 3 heteroatoms. The molecule has 0 amide bonds. The molecule has 10 aromatic rings. The SMILES string of the molecule is CC1(C)c2ccccc2-c2cccc(N(c3ccccc3)c3ccccc3[Si](c3ccccc3)(c3ccccc3)c3cccc(N(c4ccccc4)c4ccc5ccccc5c4)c3)c21. The standard InChI is InChI=1S/C61H48N2Si/c1-61(2)56-37-18-17-35-54(56)55-36-22-39-58(60(55)61)63(48-27-9-4-10-28-48)57-38-19-20-40-59(57)64(51-30-11-5-12-31-51,52-32-13-6-14-33-52)53-34-21-29-49(44-53)62(47-25-7-3-8-26-47)50-42-41-45-23-15-16-24-46(45)43-50/h3-44H,1-2H3. The Morgan fingerprint density at radius 1 is 0.328 bits per heavy atom. The maximum atomic E-state index is 2.56. The summed E-state index contributed by atoms with van der Waals surface area (Å²) in [5.74, 6) is 0. The zero-order chi connectivity index (χ0) is 43.1. The number of benzene rings is 10. The summed E-state index contributed by atoms with van der Waals surface area (Å²) >= 11 is 0. The Balaban J connectivity index is 1.21. The predicted molar refractivity (Wildman–Crippen MR) is 274 cm³/mol. The van der Waals surface area contributed by atoms with Crippen molar-refractivity contribution in [2.75, 3.05) is 9.80 Å². The van der Waals surface area contributed by atoms with Gasteiger partial charge >= 0.3 is 0 Å². The van der Waals surface area contributed by atoms with Crippen LogP contribution in [0.3, 0.4) is 0 Å². The molecule has 11 rings (SSSR count). The molecule has 64 heavy (non-hydrogen) atoms. The van der Waals surface area contributed by atoms with Crippen LogP contribution in [0.2, 0.25) is 0 Å². The molecule has 2 nitrogen and oxygen atoms in total. The van der Waals surface area contributed by atoms with Crippen molar-refractivity contribution in [2.24, 2.45) is 0 Å². The van der Waals surface area contributed by atoms with Crippen LogP contribution < -0.4 is 30.5 Å². The molecule has 1 aliphatic carbocycles. The van der Waals surface area contributed by atoms with E-state index in [1.807, 2.05) is 0 Å². The molecule has 0 saturated heterocycles. The highest BCUT2D eigenvalue weighted by molar-refractivity contribution is 7.20. The molecular formula is C61H48N2Si. The Hall–Kier alpha value is -7.72. The maximum absolute atomic E-state index is 3.19. The first-order valence-corrected chi connectivity index (χ1v) is 24.3. The summed E-state index contributed by atoms with van der Waals surface area (Å²) in [4.78, 5) is 4.98. The first-order valence-electron chi connectivity index (χ1n) is 22.3. The smallest absolute Gasteiger partial charge is 0.181 e. The molecule has 306 valence electrons. The van der Waals surface area contributed by atoms with Crippen LogP contribution >= 0.6 is 0 Å². The van der Waals surface area contributed by atoms with Crippen LogP contribution in [0, 0.1) is 0 Å². The third-order valence-electron chi connectivity index (χ3n) is 13.3. The number of hydrogen-bond acceptors (Lipinski definition) is 2. The average Bonchev–Trinajstić information content (AvgIpc) is 3.60. The van der Waals surface area contributed by atoms with Gasteiger partial charge in [-0.1, -0.05) is 208 Å². The lowest BCUT2D eigenvalue weighted by Crippen LogP contribution is -2.75. The van der Waals surface area contributed by atoms with Gasteiger partial charge in [-0.3, -0.25) is 0 Å². The summed E-state index contributed by atoms with van der Waals surface area (Å²) in [5.41, 5.74) is 11.9. The third-order valence-corrected chi connectivity index (χ3v) is 18.1. The number of nitrogens with zero attached hydrogens (tertiary/aromatic N) is 2. The quantitative estimate of drug-likeness (QED) is 0.100. The summed E-state index contributed by atoms with van der Waals surface area (Å²) in [6, 6.07) is 94.4. The van der Waals surface area contributed by atoms with E-state index in [2.05, 4.69) is 278 Å². The highest BCUT2D eigenvalue weighted by Gasteiger charge is 2.45. The lowest BCUT2D eigenvalue weighted by Gasteiger charge is -2.40. The van der Waals surface area contributed by atoms with Crippen LogP contribution in [-0.2, 0) is 5.41 Å². The second-order valence-electron chi connectivity index (χ2n) is 17.3. The minimum atomic E-state index is -3.19. The summed E-state index contributed by atoms with van der Waals surface area (Å²) < 4.78 is 0. The monoisotopic (exact) mass is 836 g/mol. The highest BCUT2D eigenvalue weighted by atomic mass is 28.3. The maximum Gasteiger partial charge on any atom is 0.181 e. The molecule has 0 aromatic heterocycles. The number of para-hydroxylation sites is 3. The van der Waals surface area contributed by atoms with Crippen molar-refractivity contribution < 1.29 is 0 Å². The van der Waals surface area contributed by atoms with Crippen LogP contribution in [0.15, 0.2) is 255 Å². The molecule has 0 fully saturated rings. The van der Waals surface area contributed by atoms with Gasteiger partial charge in [0.25, 0.3) is 0 Å². The first kappa shape index (κ1) is 39.1. The summed E-state index contributed by atoms with van der Waals surface area (Å²) in [7, 11) is -3.19. The van der Waals surface area contributed by atoms with Gasteiger partial charge in [-0.05, 0) is 114 Å². The number of rotatable bonds is 10. The Kier molecular flexibility index (Phi) is 9.91. The third kappa shape index (κ3) is 6.47. The lowest BCUT2D eigenvalue weighted by atomic mass is 9.81. The van der Waals surface area contributed by atoms with E-state index >= 15 is 0 Å².